The first-order valence-electron chi connectivity index (χ1n) is 14.8. The molecule has 3 aromatic carbocycles. The van der Waals surface area contributed by atoms with Gasteiger partial charge in [0.05, 0.1) is 33.8 Å². The van der Waals surface area contributed by atoms with Gasteiger partial charge in [-0.1, -0.05) is 79.9 Å². The van der Waals surface area contributed by atoms with Crippen LogP contribution in [0.4, 0.5) is 11.4 Å². The van der Waals surface area contributed by atoms with Gasteiger partial charge in [0.15, 0.2) is 0 Å². The first kappa shape index (κ1) is 30.5. The molecule has 0 spiro atoms. The Balaban J connectivity index is 0.000000906. The number of aromatic nitrogens is 4. The maximum absolute atomic E-state index is 12.4. The number of nitrogen functional groups attached to an aromatic ring is 2. The Morgan fingerprint density at radius 3 is 2.07 bits per heavy atom. The van der Waals surface area contributed by atoms with Crippen LogP contribution < -0.4 is 22.7 Å². The van der Waals surface area contributed by atoms with E-state index in [0.29, 0.717) is 16.9 Å². The van der Waals surface area contributed by atoms with Crippen LogP contribution in [0.1, 0.15) is 35.8 Å². The van der Waals surface area contributed by atoms with E-state index in [9.17, 15) is 4.79 Å². The van der Waals surface area contributed by atoms with E-state index < -0.39 is 0 Å². The maximum atomic E-state index is 12.4. The van der Waals surface area contributed by atoms with E-state index >= 15 is 0 Å². The molecule has 0 radical (unpaired) electrons. The number of allylic oxidation sites excluding steroid dienone is 2. The van der Waals surface area contributed by atoms with Crippen molar-refractivity contribution in [2.45, 2.75) is 39.3 Å². The number of benzene rings is 3. The van der Waals surface area contributed by atoms with E-state index in [4.69, 9.17) is 21.5 Å². The van der Waals surface area contributed by atoms with Gasteiger partial charge in [-0.3, -0.25) is 15.3 Å². The molecule has 9 heteroatoms. The van der Waals surface area contributed by atoms with E-state index in [1.807, 2.05) is 54.8 Å². The molecule has 0 saturated carbocycles. The van der Waals surface area contributed by atoms with E-state index in [-0.39, 0.29) is 11.7 Å². The molecule has 1 aliphatic heterocycles. The number of aromatic amines is 1. The fraction of sp³-hybridized carbons (Fsp3) is 0.229. The zero-order valence-corrected chi connectivity index (χ0v) is 25.4. The zero-order chi connectivity index (χ0) is 31.2. The van der Waals surface area contributed by atoms with Crippen molar-refractivity contribution in [1.82, 2.24) is 24.4 Å². The van der Waals surface area contributed by atoms with Crippen LogP contribution in [0.25, 0.3) is 33.5 Å². The predicted molar refractivity (Wildman–Crippen MR) is 181 cm³/mol. The number of imidazole rings is 1. The van der Waals surface area contributed by atoms with Crippen molar-refractivity contribution >= 4 is 22.4 Å². The summed E-state index contributed by atoms with van der Waals surface area (Å²) in [6.45, 7) is 13.5. The van der Waals surface area contributed by atoms with Crippen molar-refractivity contribution in [2.75, 3.05) is 24.2 Å². The first-order chi connectivity index (χ1) is 21.3. The Morgan fingerprint density at radius 2 is 1.52 bits per heavy atom. The molecule has 2 aromatic heterocycles. The van der Waals surface area contributed by atoms with Crippen LogP contribution in [0, 0.1) is 13.8 Å². The highest BCUT2D eigenvalue weighted by Gasteiger charge is 2.24. The normalized spacial score (nSPS) is 13.7. The zero-order valence-electron chi connectivity index (χ0n) is 25.4. The molecule has 226 valence electrons. The number of nitrogens with zero attached hydrogens (tertiary/aromatic N) is 4. The molecule has 1 fully saturated rings. The lowest BCUT2D eigenvalue weighted by Gasteiger charge is -2.32. The van der Waals surface area contributed by atoms with Crippen molar-refractivity contribution in [3.63, 3.8) is 0 Å². The Morgan fingerprint density at radius 1 is 0.932 bits per heavy atom. The standard InChI is InChI=1S/C31H34N8O.C4H6/c1-19-20(2)39(31(40)34-19)24-12-14-38(15-13-24)18-21-8-10-23(11-9-21)30-29(22-6-4-3-5-7-22)36-28-17-26(37-33)25(32)16-27(28)35-30;1-3-4-2/h3-11,16-17,24,37H,12-15,18,32-33H2,1-2H3,(H,34,40);3-4H,1-2H2. The quantitative estimate of drug-likeness (QED) is 0.0778. The van der Waals surface area contributed by atoms with Crippen LogP contribution >= 0.6 is 0 Å². The second kappa shape index (κ2) is 13.5. The van der Waals surface area contributed by atoms with E-state index in [1.165, 1.54) is 5.56 Å². The number of piperidine rings is 1. The van der Waals surface area contributed by atoms with Gasteiger partial charge in [0.25, 0.3) is 0 Å². The summed E-state index contributed by atoms with van der Waals surface area (Å²) >= 11 is 0. The molecule has 1 saturated heterocycles. The molecule has 44 heavy (non-hydrogen) atoms. The minimum Gasteiger partial charge on any atom is -0.397 e. The topological polar surface area (TPSA) is 131 Å². The van der Waals surface area contributed by atoms with Crippen molar-refractivity contribution in [3.05, 3.63) is 119 Å². The molecule has 6 N–H and O–H groups in total. The number of nitrogens with two attached hydrogens (primary N) is 2. The van der Waals surface area contributed by atoms with Crippen LogP contribution in [-0.2, 0) is 6.54 Å². The summed E-state index contributed by atoms with van der Waals surface area (Å²) < 4.78 is 1.94. The number of H-pyrrole nitrogens is 1. The largest absolute Gasteiger partial charge is 0.397 e. The number of hydrogen-bond acceptors (Lipinski definition) is 7. The lowest BCUT2D eigenvalue weighted by atomic mass is 10.0. The number of anilines is 2. The number of hydrazine groups is 1. The lowest BCUT2D eigenvalue weighted by Crippen LogP contribution is -2.37. The molecule has 0 atom stereocenters. The smallest absolute Gasteiger partial charge is 0.326 e. The van der Waals surface area contributed by atoms with E-state index in [2.05, 4.69) is 52.7 Å². The van der Waals surface area contributed by atoms with E-state index in [0.717, 1.165) is 71.9 Å². The predicted octanol–water partition coefficient (Wildman–Crippen LogP) is 6.13. The Kier molecular flexibility index (Phi) is 9.38. The van der Waals surface area contributed by atoms with Crippen molar-refractivity contribution in [2.24, 2.45) is 5.84 Å². The van der Waals surface area contributed by atoms with Crippen LogP contribution in [-0.4, -0.2) is 37.5 Å². The van der Waals surface area contributed by atoms with Gasteiger partial charge >= 0.3 is 5.69 Å². The SMILES string of the molecule is C=CC=C.Cc1[nH]c(=O)n(C2CCN(Cc3ccc(-c4nc5cc(N)c(NN)cc5nc4-c4ccccc4)cc3)CC2)c1C. The summed E-state index contributed by atoms with van der Waals surface area (Å²) in [5.74, 6) is 5.64. The van der Waals surface area contributed by atoms with Gasteiger partial charge in [-0.2, -0.15) is 0 Å². The van der Waals surface area contributed by atoms with Crippen LogP contribution in [0.2, 0.25) is 0 Å². The molecular weight excluding hydrogens is 548 g/mol. The van der Waals surface area contributed by atoms with Crippen LogP contribution in [0.15, 0.2) is 96.8 Å². The van der Waals surface area contributed by atoms with Crippen LogP contribution in [0.5, 0.6) is 0 Å². The number of aryl methyl sites for hydroxylation is 1. The highest BCUT2D eigenvalue weighted by atomic mass is 16.1. The van der Waals surface area contributed by atoms with Gasteiger partial charge < -0.3 is 16.1 Å². The highest BCUT2D eigenvalue weighted by molar-refractivity contribution is 5.91. The molecule has 0 bridgehead atoms. The van der Waals surface area contributed by atoms with Gasteiger partial charge in [0.2, 0.25) is 0 Å². The molecular formula is C35H40N8O. The Labute approximate surface area is 257 Å². The number of hydrogen-bond donors (Lipinski definition) is 4. The number of nitrogens with one attached hydrogen (secondary N) is 2. The lowest BCUT2D eigenvalue weighted by molar-refractivity contribution is 0.177. The maximum Gasteiger partial charge on any atom is 0.326 e. The molecule has 0 amide bonds. The van der Waals surface area contributed by atoms with Crippen LogP contribution in [0.3, 0.4) is 0 Å². The average Bonchev–Trinajstić information content (AvgIpc) is 3.31. The Hall–Kier alpha value is -4.99. The minimum absolute atomic E-state index is 0.00914. The molecule has 5 aromatic rings. The van der Waals surface area contributed by atoms with Crippen molar-refractivity contribution < 1.29 is 0 Å². The molecule has 3 heterocycles. The third kappa shape index (κ3) is 6.49. The number of rotatable bonds is 7. The average molecular weight is 589 g/mol. The van der Waals surface area contributed by atoms with Crippen molar-refractivity contribution in [1.29, 1.82) is 0 Å². The second-order valence-electron chi connectivity index (χ2n) is 11.0. The van der Waals surface area contributed by atoms with Crippen molar-refractivity contribution in [3.8, 4) is 22.5 Å². The van der Waals surface area contributed by atoms with Gasteiger partial charge in [0, 0.05) is 48.2 Å². The Bertz CT molecular complexity index is 1810. The molecule has 9 nitrogen and oxygen atoms in total. The molecule has 0 aliphatic carbocycles. The van der Waals surface area contributed by atoms with E-state index in [1.54, 1.807) is 18.2 Å². The van der Waals surface area contributed by atoms with Gasteiger partial charge in [-0.05, 0) is 44.4 Å². The molecule has 6 rings (SSSR count). The fourth-order valence-corrected chi connectivity index (χ4v) is 5.69. The summed E-state index contributed by atoms with van der Waals surface area (Å²) in [6, 6.07) is 22.5. The fourth-order valence-electron chi connectivity index (χ4n) is 5.69. The highest BCUT2D eigenvalue weighted by Crippen LogP contribution is 2.33. The summed E-state index contributed by atoms with van der Waals surface area (Å²) in [5.41, 5.74) is 18.2. The molecule has 0 unspecified atom stereocenters. The number of fused-ring (bicyclic) bond motifs is 1. The van der Waals surface area contributed by atoms with Gasteiger partial charge in [-0.15, -0.1) is 0 Å². The monoisotopic (exact) mass is 588 g/mol. The summed E-state index contributed by atoms with van der Waals surface area (Å²) in [5, 5.41) is 0. The minimum atomic E-state index is 0.00914. The van der Waals surface area contributed by atoms with Gasteiger partial charge in [-0.25, -0.2) is 14.8 Å². The summed E-state index contributed by atoms with van der Waals surface area (Å²) in [4.78, 5) is 27.8. The van der Waals surface area contributed by atoms with Gasteiger partial charge in [0.1, 0.15) is 0 Å². The third-order valence-electron chi connectivity index (χ3n) is 8.18. The summed E-state index contributed by atoms with van der Waals surface area (Å²) in [7, 11) is 0. The number of likely N-dealkylation sites (tertiary alicyclic amines) is 1. The second-order valence-corrected chi connectivity index (χ2v) is 11.0. The summed E-state index contributed by atoms with van der Waals surface area (Å²) in [6.07, 6.45) is 5.21. The molecule has 1 aliphatic rings. The first-order valence-corrected chi connectivity index (χ1v) is 14.8. The third-order valence-corrected chi connectivity index (χ3v) is 8.18.